The van der Waals surface area contributed by atoms with Crippen LogP contribution in [0.15, 0.2) is 151 Å². The van der Waals surface area contributed by atoms with Crippen LogP contribution >= 0.6 is 0 Å². The lowest BCUT2D eigenvalue weighted by Crippen LogP contribution is -2.22. The van der Waals surface area contributed by atoms with Gasteiger partial charge in [0.05, 0.1) is 0 Å². The molecule has 41 heavy (non-hydrogen) atoms. The van der Waals surface area contributed by atoms with Gasteiger partial charge in [-0.15, -0.1) is 0 Å². The molecule has 0 saturated carbocycles. The molecule has 0 spiro atoms. The summed E-state index contributed by atoms with van der Waals surface area (Å²) in [4.78, 5) is 16.5. The van der Waals surface area contributed by atoms with Crippen molar-refractivity contribution >= 4 is 45.2 Å². The van der Waals surface area contributed by atoms with Gasteiger partial charge >= 0.3 is 5.97 Å². The van der Waals surface area contributed by atoms with Crippen molar-refractivity contribution in [2.75, 3.05) is 9.80 Å². The van der Waals surface area contributed by atoms with Crippen molar-refractivity contribution in [3.8, 4) is 0 Å². The summed E-state index contributed by atoms with van der Waals surface area (Å²) in [7, 11) is 0. The van der Waals surface area contributed by atoms with Gasteiger partial charge in [0.25, 0.3) is 0 Å². The van der Waals surface area contributed by atoms with Crippen LogP contribution < -0.4 is 9.80 Å². The van der Waals surface area contributed by atoms with Crippen LogP contribution in [0.2, 0.25) is 0 Å². The first kappa shape index (κ1) is 26.1. The summed E-state index contributed by atoms with van der Waals surface area (Å²) < 4.78 is 5.67. The molecule has 6 rings (SSSR count). The van der Waals surface area contributed by atoms with E-state index in [1.165, 1.54) is 0 Å². The first-order valence-electron chi connectivity index (χ1n) is 14.1. The molecule has 202 valence electrons. The van der Waals surface area contributed by atoms with Gasteiger partial charge in [-0.25, -0.2) is 0 Å². The van der Waals surface area contributed by atoms with Crippen LogP contribution in [0.3, 0.4) is 0 Å². The average Bonchev–Trinajstić information content (AvgIpc) is 3.03. The van der Waals surface area contributed by atoms with Crippen molar-refractivity contribution in [3.05, 3.63) is 151 Å². The van der Waals surface area contributed by atoms with E-state index >= 15 is 0 Å². The van der Waals surface area contributed by atoms with E-state index in [1.54, 1.807) is 0 Å². The summed E-state index contributed by atoms with van der Waals surface area (Å²) in [5, 5.41) is 2.29. The van der Waals surface area contributed by atoms with Crippen molar-refractivity contribution in [1.82, 2.24) is 0 Å². The maximum Gasteiger partial charge on any atom is 0.306 e. The highest BCUT2D eigenvalue weighted by atomic mass is 16.5. The predicted molar refractivity (Wildman–Crippen MR) is 169 cm³/mol. The van der Waals surface area contributed by atoms with E-state index in [1.807, 2.05) is 43.3 Å². The molecule has 1 atom stereocenters. The fourth-order valence-electron chi connectivity index (χ4n) is 5.24. The van der Waals surface area contributed by atoms with E-state index < -0.39 is 0 Å². The maximum atomic E-state index is 12.0. The van der Waals surface area contributed by atoms with Crippen LogP contribution in [0, 0.1) is 0 Å². The van der Waals surface area contributed by atoms with Crippen LogP contribution in [0.25, 0.3) is 10.8 Å². The van der Waals surface area contributed by atoms with Crippen molar-refractivity contribution in [3.63, 3.8) is 0 Å². The number of carbonyl (C=O) groups excluding carboxylic acids is 1. The average molecular weight is 537 g/mol. The molecule has 4 nitrogen and oxygen atoms in total. The summed E-state index contributed by atoms with van der Waals surface area (Å²) in [6.07, 6.45) is 6.99. The van der Waals surface area contributed by atoms with Gasteiger partial charge in [-0.1, -0.05) is 79.7 Å². The molecule has 1 unspecified atom stereocenters. The molecule has 0 heterocycles. The van der Waals surface area contributed by atoms with Crippen molar-refractivity contribution in [1.29, 1.82) is 0 Å². The molecule has 1 aliphatic carbocycles. The summed E-state index contributed by atoms with van der Waals surface area (Å²) in [6, 6.07) is 44.4. The number of nitrogens with zero attached hydrogens (tertiary/aromatic N) is 2. The fraction of sp³-hybridized carbons (Fsp3) is 0.108. The van der Waals surface area contributed by atoms with Crippen LogP contribution in [-0.4, -0.2) is 12.1 Å². The summed E-state index contributed by atoms with van der Waals surface area (Å²) in [6.45, 7) is 1.82. The van der Waals surface area contributed by atoms with E-state index in [4.69, 9.17) is 4.74 Å². The monoisotopic (exact) mass is 536 g/mol. The van der Waals surface area contributed by atoms with Gasteiger partial charge in [-0.05, 0) is 83.6 Å². The maximum absolute atomic E-state index is 12.0. The Morgan fingerprint density at radius 3 is 1.66 bits per heavy atom. The summed E-state index contributed by atoms with van der Waals surface area (Å²) in [5.74, 6) is -0.186. The second-order valence-corrected chi connectivity index (χ2v) is 10.0. The zero-order valence-electron chi connectivity index (χ0n) is 23.1. The second kappa shape index (κ2) is 12.0. The Balaban J connectivity index is 1.40. The van der Waals surface area contributed by atoms with Gasteiger partial charge in [-0.3, -0.25) is 4.79 Å². The molecular formula is C37H32N2O2. The zero-order chi connectivity index (χ0) is 28.0. The molecule has 0 radical (unpaired) electrons. The highest BCUT2D eigenvalue weighted by Crippen LogP contribution is 2.38. The Morgan fingerprint density at radius 1 is 0.659 bits per heavy atom. The van der Waals surface area contributed by atoms with Gasteiger partial charge in [-0.2, -0.15) is 0 Å². The second-order valence-electron chi connectivity index (χ2n) is 10.0. The van der Waals surface area contributed by atoms with Crippen LogP contribution in [0.4, 0.5) is 28.4 Å². The van der Waals surface area contributed by atoms with Gasteiger partial charge < -0.3 is 14.5 Å². The number of ether oxygens (including phenoxy) is 1. The van der Waals surface area contributed by atoms with E-state index in [-0.39, 0.29) is 12.1 Å². The predicted octanol–water partition coefficient (Wildman–Crippen LogP) is 9.61. The summed E-state index contributed by atoms with van der Waals surface area (Å²) in [5.41, 5.74) is 6.38. The summed E-state index contributed by atoms with van der Waals surface area (Å²) >= 11 is 0. The van der Waals surface area contributed by atoms with E-state index in [0.29, 0.717) is 12.8 Å². The molecule has 0 bridgehead atoms. The molecule has 0 N–H and O–H groups in total. The number of benzene rings is 5. The van der Waals surface area contributed by atoms with E-state index in [0.717, 1.165) is 44.9 Å². The number of carbonyl (C=O) groups is 1. The smallest absolute Gasteiger partial charge is 0.306 e. The SMILES string of the molecule is CCC(=O)OC1C=C(N(c2ccccc2)c2ccc3cc(N(c4ccccc4)c4ccccc4)ccc3c2)C=CC1. The highest BCUT2D eigenvalue weighted by Gasteiger charge is 2.20. The third-order valence-electron chi connectivity index (χ3n) is 7.21. The number of allylic oxidation sites excluding steroid dienone is 1. The van der Waals surface area contributed by atoms with Crippen LogP contribution in [-0.2, 0) is 9.53 Å². The first-order chi connectivity index (χ1) is 20.2. The lowest BCUT2D eigenvalue weighted by molar-refractivity contribution is -0.146. The number of fused-ring (bicyclic) bond motifs is 1. The number of para-hydroxylation sites is 3. The number of anilines is 5. The minimum absolute atomic E-state index is 0.186. The van der Waals surface area contributed by atoms with Gasteiger partial charge in [0.1, 0.15) is 6.10 Å². The minimum Gasteiger partial charge on any atom is -0.458 e. The number of rotatable bonds is 8. The minimum atomic E-state index is -0.279. The van der Waals surface area contributed by atoms with Crippen molar-refractivity contribution < 1.29 is 9.53 Å². The first-order valence-corrected chi connectivity index (χ1v) is 14.1. The fourth-order valence-corrected chi connectivity index (χ4v) is 5.24. The molecule has 0 aliphatic heterocycles. The van der Waals surface area contributed by atoms with Crippen molar-refractivity contribution in [2.24, 2.45) is 0 Å². The van der Waals surface area contributed by atoms with Gasteiger partial charge in [0, 0.05) is 47.0 Å². The number of hydrogen-bond acceptors (Lipinski definition) is 4. The molecule has 1 aliphatic rings. The normalized spacial score (nSPS) is 14.4. The molecule has 0 fully saturated rings. The molecular weight excluding hydrogens is 504 g/mol. The largest absolute Gasteiger partial charge is 0.458 e. The Hall–Kier alpha value is -5.09. The lowest BCUT2D eigenvalue weighted by Gasteiger charge is -2.29. The molecule has 5 aromatic carbocycles. The third-order valence-corrected chi connectivity index (χ3v) is 7.21. The standard InChI is InChI=1S/C37H32N2O2/c1-2-37(40)41-36-20-12-19-33(27-36)39(32-17-10-5-11-18-32)35-24-22-28-25-34(23-21-29(28)26-35)38(30-13-6-3-7-14-30)31-15-8-4-9-16-31/h3-19,21-27,36H,2,20H2,1H3. The Morgan fingerprint density at radius 2 is 1.15 bits per heavy atom. The Labute approximate surface area is 241 Å². The molecule has 5 aromatic rings. The third kappa shape index (κ3) is 5.78. The van der Waals surface area contributed by atoms with E-state index in [2.05, 4.69) is 119 Å². The molecule has 0 saturated heterocycles. The van der Waals surface area contributed by atoms with Gasteiger partial charge in [0.2, 0.25) is 0 Å². The molecule has 0 amide bonds. The van der Waals surface area contributed by atoms with Crippen molar-refractivity contribution in [2.45, 2.75) is 25.9 Å². The topological polar surface area (TPSA) is 32.8 Å². The van der Waals surface area contributed by atoms with Crippen LogP contribution in [0.5, 0.6) is 0 Å². The number of hydrogen-bond donors (Lipinski definition) is 0. The Kier molecular flexibility index (Phi) is 7.63. The zero-order valence-corrected chi connectivity index (χ0v) is 23.1. The quantitative estimate of drug-likeness (QED) is 0.185. The highest BCUT2D eigenvalue weighted by molar-refractivity contribution is 5.92. The molecule has 0 aromatic heterocycles. The molecule has 4 heteroatoms. The number of esters is 1. The van der Waals surface area contributed by atoms with Crippen LogP contribution in [0.1, 0.15) is 19.8 Å². The van der Waals surface area contributed by atoms with Gasteiger partial charge in [0.15, 0.2) is 0 Å². The van der Waals surface area contributed by atoms with E-state index in [9.17, 15) is 4.79 Å². The Bertz CT molecular complexity index is 1660. The lowest BCUT2D eigenvalue weighted by atomic mass is 10.0.